The standard InChI is InChI=1S/C22H21NO2/c1-2-16-9-6-10-18(13-16)20-12-11-19(14-21(20)22(23)24)25-15-17-7-4-3-5-8-17/h3-14H,2,15H2,1H3,(H2,23,24). The van der Waals surface area contributed by atoms with E-state index in [4.69, 9.17) is 10.5 Å². The summed E-state index contributed by atoms with van der Waals surface area (Å²) in [7, 11) is 0. The predicted molar refractivity (Wildman–Crippen MR) is 101 cm³/mol. The molecule has 3 nitrogen and oxygen atoms in total. The molecule has 3 rings (SSSR count). The minimum absolute atomic E-state index is 0.448. The highest BCUT2D eigenvalue weighted by Crippen LogP contribution is 2.28. The van der Waals surface area contributed by atoms with Crippen molar-refractivity contribution in [3.8, 4) is 16.9 Å². The van der Waals surface area contributed by atoms with Crippen LogP contribution in [0.1, 0.15) is 28.4 Å². The largest absolute Gasteiger partial charge is 0.489 e. The van der Waals surface area contributed by atoms with Crippen molar-refractivity contribution in [1.82, 2.24) is 0 Å². The smallest absolute Gasteiger partial charge is 0.249 e. The van der Waals surface area contributed by atoms with Crippen molar-refractivity contribution in [2.45, 2.75) is 20.0 Å². The Bertz CT molecular complexity index is 872. The Balaban J connectivity index is 1.89. The normalized spacial score (nSPS) is 10.4. The van der Waals surface area contributed by atoms with E-state index >= 15 is 0 Å². The Morgan fingerprint density at radius 2 is 1.68 bits per heavy atom. The lowest BCUT2D eigenvalue weighted by Crippen LogP contribution is -2.12. The lowest BCUT2D eigenvalue weighted by molar-refractivity contribution is 0.100. The van der Waals surface area contributed by atoms with Gasteiger partial charge in [0, 0.05) is 0 Å². The number of carbonyl (C=O) groups excluding carboxylic acids is 1. The summed E-state index contributed by atoms with van der Waals surface area (Å²) in [5, 5.41) is 0. The molecule has 0 atom stereocenters. The van der Waals surface area contributed by atoms with Gasteiger partial charge in [-0.15, -0.1) is 0 Å². The SMILES string of the molecule is CCc1cccc(-c2ccc(OCc3ccccc3)cc2C(N)=O)c1. The van der Waals surface area contributed by atoms with Gasteiger partial charge in [-0.05, 0) is 46.9 Å². The number of benzene rings is 3. The molecule has 126 valence electrons. The van der Waals surface area contributed by atoms with E-state index in [2.05, 4.69) is 19.1 Å². The zero-order valence-corrected chi connectivity index (χ0v) is 14.2. The topological polar surface area (TPSA) is 52.3 Å². The van der Waals surface area contributed by atoms with Crippen LogP contribution in [0.2, 0.25) is 0 Å². The quantitative estimate of drug-likeness (QED) is 0.718. The van der Waals surface area contributed by atoms with Gasteiger partial charge in [-0.1, -0.05) is 61.5 Å². The molecule has 2 N–H and O–H groups in total. The fraction of sp³-hybridized carbons (Fsp3) is 0.136. The molecule has 1 amide bonds. The zero-order chi connectivity index (χ0) is 17.6. The van der Waals surface area contributed by atoms with Crippen LogP contribution in [0.15, 0.2) is 72.8 Å². The van der Waals surface area contributed by atoms with Crippen LogP contribution in [-0.4, -0.2) is 5.91 Å². The predicted octanol–water partition coefficient (Wildman–Crippen LogP) is 4.59. The molecular formula is C22H21NO2. The van der Waals surface area contributed by atoms with Gasteiger partial charge in [0.25, 0.3) is 0 Å². The van der Waals surface area contributed by atoms with E-state index in [0.29, 0.717) is 17.9 Å². The molecule has 25 heavy (non-hydrogen) atoms. The minimum atomic E-state index is -0.456. The van der Waals surface area contributed by atoms with Gasteiger partial charge >= 0.3 is 0 Å². The molecule has 0 aromatic heterocycles. The average Bonchev–Trinajstić information content (AvgIpc) is 2.67. The maximum atomic E-state index is 11.9. The monoisotopic (exact) mass is 331 g/mol. The van der Waals surface area contributed by atoms with E-state index in [1.165, 1.54) is 5.56 Å². The second kappa shape index (κ2) is 7.67. The molecular weight excluding hydrogens is 310 g/mol. The lowest BCUT2D eigenvalue weighted by atomic mass is 9.97. The Morgan fingerprint density at radius 1 is 0.920 bits per heavy atom. The van der Waals surface area contributed by atoms with Crippen molar-refractivity contribution in [3.05, 3.63) is 89.5 Å². The number of carbonyl (C=O) groups is 1. The molecule has 0 aliphatic rings. The van der Waals surface area contributed by atoms with Gasteiger partial charge in [0.2, 0.25) is 5.91 Å². The zero-order valence-electron chi connectivity index (χ0n) is 14.2. The summed E-state index contributed by atoms with van der Waals surface area (Å²) in [6.07, 6.45) is 0.942. The molecule has 3 aromatic rings. The minimum Gasteiger partial charge on any atom is -0.489 e. The van der Waals surface area contributed by atoms with E-state index in [1.54, 1.807) is 6.07 Å². The third-order valence-electron chi connectivity index (χ3n) is 4.15. The molecule has 3 heteroatoms. The van der Waals surface area contributed by atoms with Gasteiger partial charge in [0.15, 0.2) is 0 Å². The highest BCUT2D eigenvalue weighted by molar-refractivity contribution is 6.00. The van der Waals surface area contributed by atoms with Crippen LogP contribution >= 0.6 is 0 Å². The van der Waals surface area contributed by atoms with E-state index in [1.807, 2.05) is 54.6 Å². The first-order valence-electron chi connectivity index (χ1n) is 8.37. The molecule has 0 heterocycles. The van der Waals surface area contributed by atoms with Crippen molar-refractivity contribution in [3.63, 3.8) is 0 Å². The fourth-order valence-electron chi connectivity index (χ4n) is 2.77. The summed E-state index contributed by atoms with van der Waals surface area (Å²) in [6.45, 7) is 2.55. The third kappa shape index (κ3) is 4.07. The number of nitrogens with two attached hydrogens (primary N) is 1. The van der Waals surface area contributed by atoms with Crippen LogP contribution in [0.4, 0.5) is 0 Å². The van der Waals surface area contributed by atoms with Crippen molar-refractivity contribution in [2.24, 2.45) is 5.73 Å². The fourth-order valence-corrected chi connectivity index (χ4v) is 2.77. The van der Waals surface area contributed by atoms with Gasteiger partial charge < -0.3 is 10.5 Å². The second-order valence-electron chi connectivity index (χ2n) is 5.90. The van der Waals surface area contributed by atoms with Crippen molar-refractivity contribution < 1.29 is 9.53 Å². The first-order valence-corrected chi connectivity index (χ1v) is 8.37. The van der Waals surface area contributed by atoms with Crippen LogP contribution in [0.5, 0.6) is 5.75 Å². The number of primary amides is 1. The van der Waals surface area contributed by atoms with Crippen molar-refractivity contribution in [1.29, 1.82) is 0 Å². The van der Waals surface area contributed by atoms with E-state index < -0.39 is 5.91 Å². The van der Waals surface area contributed by atoms with Crippen LogP contribution in [-0.2, 0) is 13.0 Å². The molecule has 0 saturated carbocycles. The Morgan fingerprint density at radius 3 is 2.40 bits per heavy atom. The van der Waals surface area contributed by atoms with Gasteiger partial charge in [0.1, 0.15) is 12.4 Å². The lowest BCUT2D eigenvalue weighted by Gasteiger charge is -2.12. The number of amides is 1. The Kier molecular flexibility index (Phi) is 5.14. The molecule has 0 aliphatic carbocycles. The summed E-state index contributed by atoms with van der Waals surface area (Å²) in [4.78, 5) is 11.9. The maximum absolute atomic E-state index is 11.9. The summed E-state index contributed by atoms with van der Waals surface area (Å²) in [6, 6.07) is 23.6. The molecule has 0 fully saturated rings. The van der Waals surface area contributed by atoms with Crippen LogP contribution in [0.25, 0.3) is 11.1 Å². The summed E-state index contributed by atoms with van der Waals surface area (Å²) < 4.78 is 5.81. The van der Waals surface area contributed by atoms with Crippen LogP contribution in [0.3, 0.4) is 0 Å². The molecule has 0 aliphatic heterocycles. The van der Waals surface area contributed by atoms with E-state index in [-0.39, 0.29) is 0 Å². The molecule has 3 aromatic carbocycles. The highest BCUT2D eigenvalue weighted by Gasteiger charge is 2.12. The highest BCUT2D eigenvalue weighted by atomic mass is 16.5. The maximum Gasteiger partial charge on any atom is 0.249 e. The van der Waals surface area contributed by atoms with Crippen molar-refractivity contribution >= 4 is 5.91 Å². The molecule has 0 saturated heterocycles. The number of hydrogen-bond donors (Lipinski definition) is 1. The Hall–Kier alpha value is -3.07. The van der Waals surface area contributed by atoms with Gasteiger partial charge in [-0.2, -0.15) is 0 Å². The summed E-state index contributed by atoms with van der Waals surface area (Å²) in [5.41, 5.74) is 10.2. The number of hydrogen-bond acceptors (Lipinski definition) is 2. The van der Waals surface area contributed by atoms with Gasteiger partial charge in [0.05, 0.1) is 5.56 Å². The third-order valence-corrected chi connectivity index (χ3v) is 4.15. The van der Waals surface area contributed by atoms with Gasteiger partial charge in [-0.25, -0.2) is 0 Å². The molecule has 0 spiro atoms. The first-order chi connectivity index (χ1) is 12.2. The van der Waals surface area contributed by atoms with E-state index in [0.717, 1.165) is 23.1 Å². The average molecular weight is 331 g/mol. The Labute approximate surface area is 148 Å². The van der Waals surface area contributed by atoms with E-state index in [9.17, 15) is 4.79 Å². The molecule has 0 unspecified atom stereocenters. The van der Waals surface area contributed by atoms with Crippen LogP contribution < -0.4 is 10.5 Å². The van der Waals surface area contributed by atoms with Crippen molar-refractivity contribution in [2.75, 3.05) is 0 Å². The second-order valence-corrected chi connectivity index (χ2v) is 5.90. The summed E-state index contributed by atoms with van der Waals surface area (Å²) in [5.74, 6) is 0.176. The summed E-state index contributed by atoms with van der Waals surface area (Å²) >= 11 is 0. The molecule has 0 radical (unpaired) electrons. The number of ether oxygens (including phenoxy) is 1. The number of rotatable bonds is 6. The number of aryl methyl sites for hydroxylation is 1. The van der Waals surface area contributed by atoms with Crippen LogP contribution in [0, 0.1) is 0 Å². The van der Waals surface area contributed by atoms with Gasteiger partial charge in [-0.3, -0.25) is 4.79 Å². The first kappa shape index (κ1) is 16.8. The molecule has 0 bridgehead atoms.